The molecule has 24 heavy (non-hydrogen) atoms. The van der Waals surface area contributed by atoms with Crippen LogP contribution in [0.1, 0.15) is 6.92 Å². The van der Waals surface area contributed by atoms with Crippen molar-refractivity contribution in [2.45, 2.75) is 13.0 Å². The molecule has 1 heterocycles. The normalized spacial score (nSPS) is 15.6. The van der Waals surface area contributed by atoms with Gasteiger partial charge in [-0.05, 0) is 0 Å². The van der Waals surface area contributed by atoms with Gasteiger partial charge in [-0.25, -0.2) is 0 Å². The third kappa shape index (κ3) is 5.10. The van der Waals surface area contributed by atoms with Crippen LogP contribution >= 0.6 is 0 Å². The van der Waals surface area contributed by atoms with Crippen LogP contribution in [0.25, 0.3) is 0 Å². The van der Waals surface area contributed by atoms with Crippen molar-refractivity contribution in [1.82, 2.24) is 0 Å². The van der Waals surface area contributed by atoms with Gasteiger partial charge in [0.1, 0.15) is 0 Å². The van der Waals surface area contributed by atoms with Gasteiger partial charge in [0.25, 0.3) is 0 Å². The van der Waals surface area contributed by atoms with Crippen molar-refractivity contribution >= 4 is 34.1 Å². The number of hydrogen-bond donors (Lipinski definition) is 0. The second-order valence-corrected chi connectivity index (χ2v) is 8.75. The van der Waals surface area contributed by atoms with Gasteiger partial charge in [0.15, 0.2) is 0 Å². The summed E-state index contributed by atoms with van der Waals surface area (Å²) in [4.78, 5) is 11.5. The zero-order chi connectivity index (χ0) is 16.9. The van der Waals surface area contributed by atoms with Crippen LogP contribution in [0.3, 0.4) is 0 Å². The van der Waals surface area contributed by atoms with E-state index in [2.05, 4.69) is 18.7 Å². The molecule has 0 aliphatic carbocycles. The molecule has 1 aliphatic rings. The SMILES string of the molecule is C=C(C)C(=O)Oc1ccc([Te]c2ccc(OCC3CO3)cc2)cc1. The zero-order valence-corrected chi connectivity index (χ0v) is 15.7. The Kier molecular flexibility index (Phi) is 5.57. The Balaban J connectivity index is 1.55. The van der Waals surface area contributed by atoms with E-state index in [0.29, 0.717) is 17.9 Å². The first kappa shape index (κ1) is 17.0. The second-order valence-electron chi connectivity index (χ2n) is 5.48. The van der Waals surface area contributed by atoms with Gasteiger partial charge < -0.3 is 0 Å². The molecule has 1 aliphatic heterocycles. The average molecular weight is 438 g/mol. The van der Waals surface area contributed by atoms with Gasteiger partial charge >= 0.3 is 152 Å². The molecule has 0 bridgehead atoms. The van der Waals surface area contributed by atoms with E-state index in [9.17, 15) is 4.79 Å². The number of benzene rings is 2. The van der Waals surface area contributed by atoms with Crippen molar-refractivity contribution < 1.29 is 19.0 Å². The monoisotopic (exact) mass is 440 g/mol. The Morgan fingerprint density at radius 1 is 1.12 bits per heavy atom. The first-order valence-corrected chi connectivity index (χ1v) is 9.93. The molecule has 5 heteroatoms. The Hall–Kier alpha value is -1.80. The maximum atomic E-state index is 11.5. The summed E-state index contributed by atoms with van der Waals surface area (Å²) in [5.41, 5.74) is 0.392. The van der Waals surface area contributed by atoms with E-state index in [1.165, 1.54) is 7.22 Å². The first-order chi connectivity index (χ1) is 11.6. The van der Waals surface area contributed by atoms with Crippen molar-refractivity contribution in [3.63, 3.8) is 0 Å². The summed E-state index contributed by atoms with van der Waals surface area (Å²) in [6.07, 6.45) is 0.274. The molecule has 2 aromatic carbocycles. The molecule has 1 atom stereocenters. The van der Waals surface area contributed by atoms with E-state index in [0.717, 1.165) is 12.4 Å². The number of carbonyl (C=O) groups excluding carboxylic acids is 1. The molecule has 0 radical (unpaired) electrons. The summed E-state index contributed by atoms with van der Waals surface area (Å²) in [6, 6.07) is 15.9. The summed E-state index contributed by atoms with van der Waals surface area (Å²) in [6.45, 7) is 6.64. The number of epoxide rings is 1. The third-order valence-electron chi connectivity index (χ3n) is 3.28. The molecule has 1 saturated heterocycles. The van der Waals surface area contributed by atoms with Gasteiger partial charge in [-0.2, -0.15) is 0 Å². The minimum absolute atomic E-state index is 0.274. The number of rotatable bonds is 7. The molecule has 3 rings (SSSR count). The van der Waals surface area contributed by atoms with Crippen LogP contribution in [-0.2, 0) is 9.53 Å². The number of hydrogen-bond acceptors (Lipinski definition) is 4. The minimum atomic E-state index is -0.477. The van der Waals surface area contributed by atoms with Crippen LogP contribution in [0, 0.1) is 0 Å². The fourth-order valence-electron chi connectivity index (χ4n) is 1.86. The van der Waals surface area contributed by atoms with Gasteiger partial charge in [0.05, 0.1) is 0 Å². The Morgan fingerprint density at radius 3 is 2.17 bits per heavy atom. The van der Waals surface area contributed by atoms with Crippen LogP contribution in [0.15, 0.2) is 60.7 Å². The van der Waals surface area contributed by atoms with Crippen molar-refractivity contribution in [3.8, 4) is 11.5 Å². The van der Waals surface area contributed by atoms with E-state index >= 15 is 0 Å². The molecule has 0 aromatic heterocycles. The Morgan fingerprint density at radius 2 is 1.67 bits per heavy atom. The standard InChI is InChI=1S/C19H18O4Te/c1-13(2)19(20)23-15-5-9-18(10-6-15)24-17-7-3-14(4-8-17)21-11-16-12-22-16/h3-10,16H,1,11-12H2,2H3. The summed E-state index contributed by atoms with van der Waals surface area (Å²) in [7, 11) is 0. The Bertz CT molecular complexity index is 718. The Labute approximate surface area is 151 Å². The van der Waals surface area contributed by atoms with Gasteiger partial charge in [0, 0.05) is 0 Å². The summed E-state index contributed by atoms with van der Waals surface area (Å²) >= 11 is -0.477. The van der Waals surface area contributed by atoms with Crippen LogP contribution in [0.4, 0.5) is 0 Å². The number of ether oxygens (including phenoxy) is 3. The fraction of sp³-hybridized carbons (Fsp3) is 0.211. The van der Waals surface area contributed by atoms with Crippen molar-refractivity contribution in [1.29, 1.82) is 0 Å². The molecule has 4 nitrogen and oxygen atoms in total. The van der Waals surface area contributed by atoms with E-state index in [1.54, 1.807) is 6.92 Å². The predicted octanol–water partition coefficient (Wildman–Crippen LogP) is 1.60. The predicted molar refractivity (Wildman–Crippen MR) is 93.6 cm³/mol. The number of carbonyl (C=O) groups is 1. The van der Waals surface area contributed by atoms with Crippen molar-refractivity contribution in [2.75, 3.05) is 13.2 Å². The summed E-state index contributed by atoms with van der Waals surface area (Å²) < 4.78 is 18.6. The summed E-state index contributed by atoms with van der Waals surface area (Å²) in [5.74, 6) is 1.03. The van der Waals surface area contributed by atoms with Gasteiger partial charge in [-0.3, -0.25) is 0 Å². The molecular formula is C19H18O4Te. The average Bonchev–Trinajstić information content (AvgIpc) is 3.40. The van der Waals surface area contributed by atoms with E-state index in [-0.39, 0.29) is 6.10 Å². The van der Waals surface area contributed by atoms with Gasteiger partial charge in [-0.15, -0.1) is 0 Å². The molecule has 0 spiro atoms. The molecule has 0 saturated carbocycles. The van der Waals surface area contributed by atoms with Crippen LogP contribution in [0.5, 0.6) is 11.5 Å². The quantitative estimate of drug-likeness (QED) is 0.217. The van der Waals surface area contributed by atoms with Crippen molar-refractivity contribution in [3.05, 3.63) is 60.7 Å². The first-order valence-electron chi connectivity index (χ1n) is 7.60. The molecule has 0 N–H and O–H groups in total. The summed E-state index contributed by atoms with van der Waals surface area (Å²) in [5, 5.41) is 0. The molecule has 124 valence electrons. The second kappa shape index (κ2) is 7.85. The number of esters is 1. The topological polar surface area (TPSA) is 48.1 Å². The molecule has 2 aromatic rings. The zero-order valence-electron chi connectivity index (χ0n) is 13.4. The molecular weight excluding hydrogens is 420 g/mol. The third-order valence-corrected chi connectivity index (χ3v) is 6.18. The van der Waals surface area contributed by atoms with Crippen molar-refractivity contribution in [2.24, 2.45) is 0 Å². The molecule has 1 unspecified atom stereocenters. The van der Waals surface area contributed by atoms with Crippen LogP contribution < -0.4 is 16.7 Å². The maximum absolute atomic E-state index is 11.5. The van der Waals surface area contributed by atoms with Gasteiger partial charge in [0.2, 0.25) is 0 Å². The van der Waals surface area contributed by atoms with E-state index < -0.39 is 26.9 Å². The van der Waals surface area contributed by atoms with Crippen LogP contribution in [-0.4, -0.2) is 46.2 Å². The molecule has 0 amide bonds. The fourth-order valence-corrected chi connectivity index (χ4v) is 4.19. The van der Waals surface area contributed by atoms with E-state index in [1.807, 2.05) is 36.4 Å². The van der Waals surface area contributed by atoms with E-state index in [4.69, 9.17) is 14.2 Å². The van der Waals surface area contributed by atoms with Gasteiger partial charge in [-0.1, -0.05) is 0 Å². The van der Waals surface area contributed by atoms with Crippen LogP contribution in [0.2, 0.25) is 0 Å². The molecule has 1 fully saturated rings.